The molecular weight excluding hydrogens is 234 g/mol. The Morgan fingerprint density at radius 1 is 1.24 bits per heavy atom. The van der Waals surface area contributed by atoms with Crippen molar-refractivity contribution in [1.29, 1.82) is 0 Å². The standard InChI is InChI=1S/C14H22ClNO/c1-14(2,8-9-15)12-16-10-11-17-13-6-4-3-5-7-13/h3-7,16H,8-12H2,1-2H3. The molecule has 1 N–H and O–H groups in total. The van der Waals surface area contributed by atoms with E-state index in [9.17, 15) is 0 Å². The van der Waals surface area contributed by atoms with Crippen LogP contribution in [0.4, 0.5) is 0 Å². The van der Waals surface area contributed by atoms with Gasteiger partial charge in [0.1, 0.15) is 12.4 Å². The summed E-state index contributed by atoms with van der Waals surface area (Å²) in [7, 11) is 0. The monoisotopic (exact) mass is 255 g/mol. The Balaban J connectivity index is 2.09. The van der Waals surface area contributed by atoms with Crippen LogP contribution in [-0.4, -0.2) is 25.6 Å². The molecule has 96 valence electrons. The maximum Gasteiger partial charge on any atom is 0.119 e. The second-order valence-corrected chi connectivity index (χ2v) is 5.32. The summed E-state index contributed by atoms with van der Waals surface area (Å²) >= 11 is 5.75. The number of benzene rings is 1. The number of halogens is 1. The summed E-state index contributed by atoms with van der Waals surface area (Å²) in [6, 6.07) is 9.88. The van der Waals surface area contributed by atoms with Gasteiger partial charge in [-0.3, -0.25) is 0 Å². The highest BCUT2D eigenvalue weighted by Gasteiger charge is 2.15. The fraction of sp³-hybridized carbons (Fsp3) is 0.571. The van der Waals surface area contributed by atoms with Gasteiger partial charge in [-0.15, -0.1) is 11.6 Å². The third-order valence-electron chi connectivity index (χ3n) is 2.67. The lowest BCUT2D eigenvalue weighted by Crippen LogP contribution is -2.32. The minimum atomic E-state index is 0.258. The van der Waals surface area contributed by atoms with E-state index in [-0.39, 0.29) is 5.41 Å². The van der Waals surface area contributed by atoms with E-state index in [0.29, 0.717) is 6.61 Å². The molecule has 0 amide bonds. The van der Waals surface area contributed by atoms with Crippen molar-refractivity contribution in [1.82, 2.24) is 5.32 Å². The average Bonchev–Trinajstić information content (AvgIpc) is 2.30. The molecule has 0 unspecified atom stereocenters. The normalized spacial score (nSPS) is 11.5. The molecule has 1 aromatic rings. The van der Waals surface area contributed by atoms with Crippen LogP contribution in [-0.2, 0) is 0 Å². The Morgan fingerprint density at radius 2 is 1.94 bits per heavy atom. The highest BCUT2D eigenvalue weighted by atomic mass is 35.5. The zero-order valence-corrected chi connectivity index (χ0v) is 11.5. The van der Waals surface area contributed by atoms with E-state index in [1.54, 1.807) is 0 Å². The van der Waals surface area contributed by atoms with Crippen LogP contribution in [0.2, 0.25) is 0 Å². The predicted octanol–water partition coefficient (Wildman–Crippen LogP) is 3.31. The van der Waals surface area contributed by atoms with Crippen molar-refractivity contribution in [2.75, 3.05) is 25.6 Å². The van der Waals surface area contributed by atoms with E-state index in [4.69, 9.17) is 16.3 Å². The van der Waals surface area contributed by atoms with Crippen molar-refractivity contribution in [3.8, 4) is 5.75 Å². The summed E-state index contributed by atoms with van der Waals surface area (Å²) in [6.45, 7) is 6.97. The van der Waals surface area contributed by atoms with Crippen LogP contribution in [0, 0.1) is 5.41 Å². The molecule has 0 saturated heterocycles. The van der Waals surface area contributed by atoms with Crippen LogP contribution in [0.1, 0.15) is 20.3 Å². The lowest BCUT2D eigenvalue weighted by atomic mass is 9.90. The number of hydrogen-bond acceptors (Lipinski definition) is 2. The summed E-state index contributed by atoms with van der Waals surface area (Å²) in [4.78, 5) is 0. The lowest BCUT2D eigenvalue weighted by Gasteiger charge is -2.23. The Hall–Kier alpha value is -0.730. The number of rotatable bonds is 8. The molecule has 0 saturated carbocycles. The van der Waals surface area contributed by atoms with Gasteiger partial charge in [-0.05, 0) is 24.0 Å². The fourth-order valence-electron chi connectivity index (χ4n) is 1.53. The quantitative estimate of drug-likeness (QED) is 0.568. The zero-order valence-electron chi connectivity index (χ0n) is 10.7. The number of ether oxygens (including phenoxy) is 1. The fourth-order valence-corrected chi connectivity index (χ4v) is 2.04. The van der Waals surface area contributed by atoms with Gasteiger partial charge in [0, 0.05) is 19.0 Å². The van der Waals surface area contributed by atoms with E-state index in [1.165, 1.54) is 0 Å². The summed E-state index contributed by atoms with van der Waals surface area (Å²) in [5, 5.41) is 3.40. The Labute approximate surface area is 109 Å². The number of hydrogen-bond donors (Lipinski definition) is 1. The third kappa shape index (κ3) is 6.54. The molecule has 1 aromatic carbocycles. The molecule has 0 aliphatic rings. The Kier molecular flexibility index (Phi) is 6.38. The average molecular weight is 256 g/mol. The number of nitrogens with one attached hydrogen (secondary N) is 1. The molecule has 1 rings (SSSR count). The minimum absolute atomic E-state index is 0.258. The van der Waals surface area contributed by atoms with Gasteiger partial charge in [-0.1, -0.05) is 32.0 Å². The second-order valence-electron chi connectivity index (χ2n) is 4.94. The van der Waals surface area contributed by atoms with E-state index in [1.807, 2.05) is 30.3 Å². The molecule has 0 spiro atoms. The van der Waals surface area contributed by atoms with Gasteiger partial charge in [0.2, 0.25) is 0 Å². The largest absolute Gasteiger partial charge is 0.492 e. The molecule has 0 aliphatic heterocycles. The molecule has 0 atom stereocenters. The van der Waals surface area contributed by atoms with Crippen molar-refractivity contribution in [2.24, 2.45) is 5.41 Å². The van der Waals surface area contributed by atoms with Crippen molar-refractivity contribution in [2.45, 2.75) is 20.3 Å². The van der Waals surface area contributed by atoms with Crippen molar-refractivity contribution in [3.05, 3.63) is 30.3 Å². The van der Waals surface area contributed by atoms with Crippen LogP contribution in [0.15, 0.2) is 30.3 Å². The summed E-state index contributed by atoms with van der Waals surface area (Å²) in [6.07, 6.45) is 1.03. The van der Waals surface area contributed by atoms with Crippen LogP contribution in [0.25, 0.3) is 0 Å². The van der Waals surface area contributed by atoms with Crippen LogP contribution >= 0.6 is 11.6 Å². The highest BCUT2D eigenvalue weighted by Crippen LogP contribution is 2.19. The van der Waals surface area contributed by atoms with Gasteiger partial charge in [0.15, 0.2) is 0 Å². The lowest BCUT2D eigenvalue weighted by molar-refractivity contribution is 0.284. The number of alkyl halides is 1. The third-order valence-corrected chi connectivity index (χ3v) is 2.85. The van der Waals surface area contributed by atoms with Gasteiger partial charge >= 0.3 is 0 Å². The molecule has 0 aliphatic carbocycles. The van der Waals surface area contributed by atoms with Crippen LogP contribution in [0.5, 0.6) is 5.75 Å². The van der Waals surface area contributed by atoms with E-state index < -0.39 is 0 Å². The maximum absolute atomic E-state index is 5.75. The summed E-state index contributed by atoms with van der Waals surface area (Å²) < 4.78 is 5.59. The second kappa shape index (κ2) is 7.57. The van der Waals surface area contributed by atoms with Crippen LogP contribution in [0.3, 0.4) is 0 Å². The molecule has 0 aromatic heterocycles. The molecule has 17 heavy (non-hydrogen) atoms. The highest BCUT2D eigenvalue weighted by molar-refractivity contribution is 6.17. The first kappa shape index (κ1) is 14.3. The molecule has 0 radical (unpaired) electrons. The molecule has 0 bridgehead atoms. The van der Waals surface area contributed by atoms with E-state index in [0.717, 1.165) is 31.1 Å². The van der Waals surface area contributed by atoms with Gasteiger partial charge in [0.25, 0.3) is 0 Å². The van der Waals surface area contributed by atoms with Crippen LogP contribution < -0.4 is 10.1 Å². The summed E-state index contributed by atoms with van der Waals surface area (Å²) in [5.74, 6) is 1.64. The zero-order chi connectivity index (χ0) is 12.6. The SMILES string of the molecule is CC(C)(CCCl)CNCCOc1ccccc1. The predicted molar refractivity (Wildman–Crippen MR) is 73.9 cm³/mol. The molecule has 0 fully saturated rings. The van der Waals surface area contributed by atoms with Crippen molar-refractivity contribution in [3.63, 3.8) is 0 Å². The Bertz CT molecular complexity index is 300. The molecular formula is C14H22ClNO. The van der Waals surface area contributed by atoms with Gasteiger partial charge < -0.3 is 10.1 Å². The molecule has 2 nitrogen and oxygen atoms in total. The van der Waals surface area contributed by atoms with Gasteiger partial charge in [-0.2, -0.15) is 0 Å². The van der Waals surface area contributed by atoms with Gasteiger partial charge in [0.05, 0.1) is 0 Å². The van der Waals surface area contributed by atoms with E-state index >= 15 is 0 Å². The van der Waals surface area contributed by atoms with Crippen molar-refractivity contribution >= 4 is 11.6 Å². The maximum atomic E-state index is 5.75. The van der Waals surface area contributed by atoms with E-state index in [2.05, 4.69) is 19.2 Å². The first-order chi connectivity index (χ1) is 8.14. The minimum Gasteiger partial charge on any atom is -0.492 e. The summed E-state index contributed by atoms with van der Waals surface area (Å²) in [5.41, 5.74) is 0.258. The molecule has 3 heteroatoms. The number of para-hydroxylation sites is 1. The van der Waals surface area contributed by atoms with Gasteiger partial charge in [-0.25, -0.2) is 0 Å². The smallest absolute Gasteiger partial charge is 0.119 e. The first-order valence-electron chi connectivity index (χ1n) is 6.08. The first-order valence-corrected chi connectivity index (χ1v) is 6.62. The van der Waals surface area contributed by atoms with Crippen molar-refractivity contribution < 1.29 is 4.74 Å². The molecule has 0 heterocycles. The topological polar surface area (TPSA) is 21.3 Å². The Morgan fingerprint density at radius 3 is 2.59 bits per heavy atom.